The summed E-state index contributed by atoms with van der Waals surface area (Å²) in [5.74, 6) is -0.694. The van der Waals surface area contributed by atoms with E-state index in [-0.39, 0.29) is 5.91 Å². The predicted molar refractivity (Wildman–Crippen MR) is 81.2 cm³/mol. The van der Waals surface area contributed by atoms with E-state index < -0.39 is 12.0 Å². The number of hydrogen-bond donors (Lipinski definition) is 1. The van der Waals surface area contributed by atoms with Crippen LogP contribution in [0.4, 0.5) is 0 Å². The number of likely N-dealkylation sites (N-methyl/N-ethyl adjacent to an activating group) is 1. The minimum absolute atomic E-state index is 0.354. The van der Waals surface area contributed by atoms with Gasteiger partial charge in [-0.3, -0.25) is 4.79 Å². The standard InChI is InChI=1S/C16H21NO4/c1-5-13(16(19)20)17(3)15(18)9-7-12-10-11(2)6-8-14(12)21-4/h6-10,13H,5H2,1-4H3,(H,19,20). The minimum Gasteiger partial charge on any atom is -0.496 e. The number of nitrogens with zero attached hydrogens (tertiary/aromatic N) is 1. The number of carbonyl (C=O) groups excluding carboxylic acids is 1. The van der Waals surface area contributed by atoms with Gasteiger partial charge in [0.15, 0.2) is 0 Å². The third-order valence-electron chi connectivity index (χ3n) is 3.28. The first-order valence-corrected chi connectivity index (χ1v) is 6.73. The summed E-state index contributed by atoms with van der Waals surface area (Å²) >= 11 is 0. The van der Waals surface area contributed by atoms with E-state index in [0.717, 1.165) is 11.1 Å². The number of aliphatic carboxylic acids is 1. The molecule has 1 amide bonds. The molecule has 0 aliphatic carbocycles. The molecule has 1 unspecified atom stereocenters. The number of carbonyl (C=O) groups is 2. The summed E-state index contributed by atoms with van der Waals surface area (Å²) in [6.07, 6.45) is 3.36. The van der Waals surface area contributed by atoms with Crippen molar-refractivity contribution in [3.8, 4) is 5.75 Å². The molecule has 0 aliphatic rings. The zero-order valence-corrected chi connectivity index (χ0v) is 12.8. The van der Waals surface area contributed by atoms with Crippen LogP contribution in [0.2, 0.25) is 0 Å². The monoisotopic (exact) mass is 291 g/mol. The van der Waals surface area contributed by atoms with Crippen LogP contribution in [-0.2, 0) is 9.59 Å². The lowest BCUT2D eigenvalue weighted by atomic mass is 10.1. The van der Waals surface area contributed by atoms with Crippen LogP contribution < -0.4 is 4.74 Å². The second kappa shape index (κ2) is 7.47. The maximum absolute atomic E-state index is 12.0. The van der Waals surface area contributed by atoms with Gasteiger partial charge in [-0.1, -0.05) is 18.6 Å². The van der Waals surface area contributed by atoms with Crippen molar-refractivity contribution in [3.05, 3.63) is 35.4 Å². The number of carboxylic acid groups (broad SMARTS) is 1. The first-order valence-electron chi connectivity index (χ1n) is 6.73. The molecule has 1 aromatic carbocycles. The van der Waals surface area contributed by atoms with E-state index in [4.69, 9.17) is 9.84 Å². The molecule has 1 rings (SSSR count). The quantitative estimate of drug-likeness (QED) is 0.817. The number of hydrogen-bond acceptors (Lipinski definition) is 3. The number of amides is 1. The van der Waals surface area contributed by atoms with Gasteiger partial charge in [-0.2, -0.15) is 0 Å². The molecule has 0 saturated carbocycles. The van der Waals surface area contributed by atoms with E-state index in [2.05, 4.69) is 0 Å². The molecular weight excluding hydrogens is 270 g/mol. The second-order valence-corrected chi connectivity index (χ2v) is 4.79. The van der Waals surface area contributed by atoms with Crippen LogP contribution in [0.25, 0.3) is 6.08 Å². The summed E-state index contributed by atoms with van der Waals surface area (Å²) in [6, 6.07) is 4.83. The van der Waals surface area contributed by atoms with Crippen molar-refractivity contribution in [2.75, 3.05) is 14.2 Å². The van der Waals surface area contributed by atoms with E-state index in [1.54, 1.807) is 20.1 Å². The van der Waals surface area contributed by atoms with Gasteiger partial charge in [0.25, 0.3) is 0 Å². The van der Waals surface area contributed by atoms with Crippen molar-refractivity contribution in [2.45, 2.75) is 26.3 Å². The molecule has 21 heavy (non-hydrogen) atoms. The molecule has 0 aromatic heterocycles. The van der Waals surface area contributed by atoms with Crippen molar-refractivity contribution in [1.29, 1.82) is 0 Å². The van der Waals surface area contributed by atoms with Crippen LogP contribution in [0.1, 0.15) is 24.5 Å². The Kier molecular flexibility index (Phi) is 5.96. The van der Waals surface area contributed by atoms with E-state index in [1.807, 2.05) is 25.1 Å². The van der Waals surface area contributed by atoms with Crippen molar-refractivity contribution >= 4 is 18.0 Å². The van der Waals surface area contributed by atoms with Gasteiger partial charge >= 0.3 is 5.97 Å². The topological polar surface area (TPSA) is 66.8 Å². The molecule has 114 valence electrons. The Balaban J connectivity index is 2.92. The van der Waals surface area contributed by atoms with Gasteiger partial charge in [0.2, 0.25) is 5.91 Å². The molecule has 5 nitrogen and oxygen atoms in total. The number of carboxylic acids is 1. The minimum atomic E-state index is -1.00. The zero-order valence-electron chi connectivity index (χ0n) is 12.8. The fourth-order valence-corrected chi connectivity index (χ4v) is 2.03. The van der Waals surface area contributed by atoms with Crippen molar-refractivity contribution in [2.24, 2.45) is 0 Å². The summed E-state index contributed by atoms with van der Waals surface area (Å²) < 4.78 is 5.23. The Bertz CT molecular complexity index is 551. The summed E-state index contributed by atoms with van der Waals surface area (Å²) in [5.41, 5.74) is 1.83. The molecule has 1 aromatic rings. The van der Waals surface area contributed by atoms with Crippen LogP contribution in [0, 0.1) is 6.92 Å². The fraction of sp³-hybridized carbons (Fsp3) is 0.375. The largest absolute Gasteiger partial charge is 0.496 e. The third-order valence-corrected chi connectivity index (χ3v) is 3.28. The Hall–Kier alpha value is -2.30. The van der Waals surface area contributed by atoms with Gasteiger partial charge in [0.05, 0.1) is 7.11 Å². The van der Waals surface area contributed by atoms with Crippen LogP contribution in [0.5, 0.6) is 5.75 Å². The predicted octanol–water partition coefficient (Wildman–Crippen LogP) is 2.34. The molecule has 0 fully saturated rings. The van der Waals surface area contributed by atoms with E-state index in [1.165, 1.54) is 18.0 Å². The Morgan fingerprint density at radius 3 is 2.62 bits per heavy atom. The third kappa shape index (κ3) is 4.34. The lowest BCUT2D eigenvalue weighted by molar-refractivity contribution is -0.147. The van der Waals surface area contributed by atoms with Crippen LogP contribution in [0.15, 0.2) is 24.3 Å². The number of ether oxygens (including phenoxy) is 1. The molecule has 0 radical (unpaired) electrons. The van der Waals surface area contributed by atoms with Gasteiger partial charge in [-0.25, -0.2) is 4.79 Å². The highest BCUT2D eigenvalue weighted by Crippen LogP contribution is 2.21. The lowest BCUT2D eigenvalue weighted by Gasteiger charge is -2.22. The second-order valence-electron chi connectivity index (χ2n) is 4.79. The molecular formula is C16H21NO4. The Morgan fingerprint density at radius 2 is 2.10 bits per heavy atom. The zero-order chi connectivity index (χ0) is 16.0. The number of benzene rings is 1. The summed E-state index contributed by atoms with van der Waals surface area (Å²) in [5, 5.41) is 9.06. The highest BCUT2D eigenvalue weighted by atomic mass is 16.5. The molecule has 0 bridgehead atoms. The molecule has 0 saturated heterocycles. The average Bonchev–Trinajstić information content (AvgIpc) is 2.45. The molecule has 1 N–H and O–H groups in total. The Labute approximate surface area is 124 Å². The van der Waals surface area contributed by atoms with Crippen molar-refractivity contribution < 1.29 is 19.4 Å². The van der Waals surface area contributed by atoms with Crippen LogP contribution in [-0.4, -0.2) is 42.1 Å². The number of aryl methyl sites for hydroxylation is 1. The van der Waals surface area contributed by atoms with Gasteiger partial charge in [0.1, 0.15) is 11.8 Å². The Morgan fingerprint density at radius 1 is 1.43 bits per heavy atom. The normalized spacial score (nSPS) is 12.2. The van der Waals surface area contributed by atoms with Crippen LogP contribution in [0.3, 0.4) is 0 Å². The number of rotatable bonds is 6. The van der Waals surface area contributed by atoms with Gasteiger partial charge in [-0.15, -0.1) is 0 Å². The van der Waals surface area contributed by atoms with E-state index in [9.17, 15) is 9.59 Å². The number of methoxy groups -OCH3 is 1. The lowest BCUT2D eigenvalue weighted by Crippen LogP contribution is -2.41. The highest BCUT2D eigenvalue weighted by molar-refractivity contribution is 5.94. The fourth-order valence-electron chi connectivity index (χ4n) is 2.03. The molecule has 0 spiro atoms. The summed E-state index contributed by atoms with van der Waals surface area (Å²) in [4.78, 5) is 24.3. The summed E-state index contributed by atoms with van der Waals surface area (Å²) in [7, 11) is 3.05. The van der Waals surface area contributed by atoms with Gasteiger partial charge in [0, 0.05) is 18.7 Å². The molecule has 0 aliphatic heterocycles. The maximum Gasteiger partial charge on any atom is 0.326 e. The SMILES string of the molecule is CCC(C(=O)O)N(C)C(=O)C=Cc1cc(C)ccc1OC. The molecule has 5 heteroatoms. The average molecular weight is 291 g/mol. The van der Waals surface area contributed by atoms with Crippen molar-refractivity contribution in [1.82, 2.24) is 4.90 Å². The van der Waals surface area contributed by atoms with E-state index in [0.29, 0.717) is 12.2 Å². The van der Waals surface area contributed by atoms with Gasteiger partial charge in [-0.05, 0) is 31.6 Å². The molecule has 1 atom stereocenters. The first kappa shape index (κ1) is 16.8. The highest BCUT2D eigenvalue weighted by Gasteiger charge is 2.23. The maximum atomic E-state index is 12.0. The molecule has 0 heterocycles. The van der Waals surface area contributed by atoms with Gasteiger partial charge < -0.3 is 14.7 Å². The van der Waals surface area contributed by atoms with Crippen molar-refractivity contribution in [3.63, 3.8) is 0 Å². The van der Waals surface area contributed by atoms with Crippen LogP contribution >= 0.6 is 0 Å². The summed E-state index contributed by atoms with van der Waals surface area (Å²) in [6.45, 7) is 3.68. The first-order chi connectivity index (χ1) is 9.90. The van der Waals surface area contributed by atoms with E-state index >= 15 is 0 Å². The smallest absolute Gasteiger partial charge is 0.326 e.